The molecule has 0 unspecified atom stereocenters. The molecular weight excluding hydrogens is 314 g/mol. The molecule has 126 valence electrons. The van der Waals surface area contributed by atoms with Crippen molar-refractivity contribution >= 4 is 17.5 Å². The Kier molecular flexibility index (Phi) is 5.24. The molecule has 23 heavy (non-hydrogen) atoms. The van der Waals surface area contributed by atoms with Crippen molar-refractivity contribution in [3.63, 3.8) is 0 Å². The average Bonchev–Trinajstić information content (AvgIpc) is 3.10. The number of hydrogen-bond donors (Lipinski definition) is 1. The smallest absolute Gasteiger partial charge is 0.231 e. The molecule has 5 heteroatoms. The van der Waals surface area contributed by atoms with Gasteiger partial charge in [-0.05, 0) is 50.3 Å². The molecule has 2 aliphatic heterocycles. The standard InChI is InChI=1S/C18H24ClNO3/c1-13(16-6-3-9-23-16)20-17(21)18(7-10-22-11-8-18)14-4-2-5-15(19)12-14/h2,4-5,12-13,16H,3,6-11H2,1H3,(H,20,21)/t13-,16-/m1/s1. The van der Waals surface area contributed by atoms with Gasteiger partial charge in [-0.15, -0.1) is 0 Å². The number of carbonyl (C=O) groups excluding carboxylic acids is 1. The van der Waals surface area contributed by atoms with E-state index in [-0.39, 0.29) is 18.1 Å². The van der Waals surface area contributed by atoms with Gasteiger partial charge >= 0.3 is 0 Å². The summed E-state index contributed by atoms with van der Waals surface area (Å²) in [6.45, 7) is 4.00. The van der Waals surface area contributed by atoms with Gasteiger partial charge in [-0.2, -0.15) is 0 Å². The highest BCUT2D eigenvalue weighted by Crippen LogP contribution is 2.36. The van der Waals surface area contributed by atoms with Crippen LogP contribution in [0.4, 0.5) is 0 Å². The molecule has 2 heterocycles. The molecule has 2 atom stereocenters. The number of amides is 1. The highest BCUT2D eigenvalue weighted by molar-refractivity contribution is 6.30. The number of benzene rings is 1. The molecule has 2 fully saturated rings. The zero-order chi connectivity index (χ0) is 16.3. The molecule has 2 aliphatic rings. The minimum absolute atomic E-state index is 0.0175. The van der Waals surface area contributed by atoms with Gasteiger partial charge < -0.3 is 14.8 Å². The Hall–Kier alpha value is -1.10. The maximum Gasteiger partial charge on any atom is 0.231 e. The van der Waals surface area contributed by atoms with Gasteiger partial charge in [0.15, 0.2) is 0 Å². The maximum absolute atomic E-state index is 13.1. The highest BCUT2D eigenvalue weighted by Gasteiger charge is 2.42. The number of ether oxygens (including phenoxy) is 2. The van der Waals surface area contributed by atoms with Gasteiger partial charge in [-0.1, -0.05) is 23.7 Å². The lowest BCUT2D eigenvalue weighted by molar-refractivity contribution is -0.132. The molecule has 4 nitrogen and oxygen atoms in total. The van der Waals surface area contributed by atoms with E-state index in [1.165, 1.54) is 0 Å². The van der Waals surface area contributed by atoms with E-state index in [9.17, 15) is 4.79 Å². The quantitative estimate of drug-likeness (QED) is 0.918. The van der Waals surface area contributed by atoms with Crippen LogP contribution in [0.25, 0.3) is 0 Å². The minimum atomic E-state index is -0.560. The summed E-state index contributed by atoms with van der Waals surface area (Å²) in [5.74, 6) is 0.0612. The Balaban J connectivity index is 1.81. The first kappa shape index (κ1) is 16.7. The lowest BCUT2D eigenvalue weighted by atomic mass is 9.73. The molecule has 0 bridgehead atoms. The largest absolute Gasteiger partial charge is 0.381 e. The SMILES string of the molecule is C[C@@H](NC(=O)C1(c2cccc(Cl)c2)CCOCC1)[C@H]1CCCO1. The van der Waals surface area contributed by atoms with Gasteiger partial charge in [-0.3, -0.25) is 4.79 Å². The monoisotopic (exact) mass is 337 g/mol. The normalized spacial score (nSPS) is 25.0. The van der Waals surface area contributed by atoms with Crippen LogP contribution in [0.5, 0.6) is 0 Å². The number of halogens is 1. The molecule has 3 rings (SSSR count). The second kappa shape index (κ2) is 7.20. The molecule has 0 aliphatic carbocycles. The molecule has 0 spiro atoms. The average molecular weight is 338 g/mol. The molecule has 1 aromatic rings. The Morgan fingerprint density at radius 3 is 2.78 bits per heavy atom. The zero-order valence-electron chi connectivity index (χ0n) is 13.5. The third-order valence-electron chi connectivity index (χ3n) is 5.04. The summed E-state index contributed by atoms with van der Waals surface area (Å²) in [6, 6.07) is 7.66. The van der Waals surface area contributed by atoms with Crippen LogP contribution in [0.15, 0.2) is 24.3 Å². The number of carbonyl (C=O) groups is 1. The van der Waals surface area contributed by atoms with E-state index >= 15 is 0 Å². The Bertz CT molecular complexity index is 551. The van der Waals surface area contributed by atoms with E-state index in [0.717, 1.165) is 25.0 Å². The second-order valence-electron chi connectivity index (χ2n) is 6.52. The fourth-order valence-electron chi connectivity index (χ4n) is 3.59. The van der Waals surface area contributed by atoms with Crippen molar-refractivity contribution in [1.29, 1.82) is 0 Å². The van der Waals surface area contributed by atoms with Crippen molar-refractivity contribution in [1.82, 2.24) is 5.32 Å². The maximum atomic E-state index is 13.1. The summed E-state index contributed by atoms with van der Waals surface area (Å²) in [5, 5.41) is 3.85. The zero-order valence-corrected chi connectivity index (χ0v) is 14.3. The molecule has 0 radical (unpaired) electrons. The molecule has 2 saturated heterocycles. The molecule has 1 amide bonds. The van der Waals surface area contributed by atoms with Crippen LogP contribution in [-0.4, -0.2) is 37.9 Å². The van der Waals surface area contributed by atoms with E-state index in [0.29, 0.717) is 31.1 Å². The second-order valence-corrected chi connectivity index (χ2v) is 6.95. The van der Waals surface area contributed by atoms with E-state index in [4.69, 9.17) is 21.1 Å². The summed E-state index contributed by atoms with van der Waals surface area (Å²) < 4.78 is 11.2. The van der Waals surface area contributed by atoms with Gasteiger partial charge in [0.2, 0.25) is 5.91 Å². The number of nitrogens with one attached hydrogen (secondary N) is 1. The third kappa shape index (κ3) is 3.54. The van der Waals surface area contributed by atoms with E-state index in [2.05, 4.69) is 5.32 Å². The van der Waals surface area contributed by atoms with Crippen molar-refractivity contribution in [2.75, 3.05) is 19.8 Å². The Morgan fingerprint density at radius 2 is 2.13 bits per heavy atom. The highest BCUT2D eigenvalue weighted by atomic mass is 35.5. The van der Waals surface area contributed by atoms with Gasteiger partial charge in [0.05, 0.1) is 17.6 Å². The summed E-state index contributed by atoms with van der Waals surface area (Å²) in [6.07, 6.45) is 3.55. The van der Waals surface area contributed by atoms with Crippen LogP contribution >= 0.6 is 11.6 Å². The predicted octanol–water partition coefficient (Wildman–Crippen LogP) is 3.07. The molecule has 0 aromatic heterocycles. The van der Waals surface area contributed by atoms with Crippen LogP contribution in [0.3, 0.4) is 0 Å². The third-order valence-corrected chi connectivity index (χ3v) is 5.27. The first-order chi connectivity index (χ1) is 11.1. The van der Waals surface area contributed by atoms with Crippen molar-refractivity contribution in [3.8, 4) is 0 Å². The predicted molar refractivity (Wildman–Crippen MR) is 89.8 cm³/mol. The molecular formula is C18H24ClNO3. The minimum Gasteiger partial charge on any atom is -0.381 e. The number of rotatable bonds is 4. The fraction of sp³-hybridized carbons (Fsp3) is 0.611. The van der Waals surface area contributed by atoms with Gasteiger partial charge in [0.25, 0.3) is 0 Å². The van der Waals surface area contributed by atoms with Crippen molar-refractivity contribution in [2.24, 2.45) is 0 Å². The summed E-state index contributed by atoms with van der Waals surface area (Å²) in [5.41, 5.74) is 0.418. The van der Waals surface area contributed by atoms with Crippen LogP contribution in [-0.2, 0) is 19.7 Å². The molecule has 1 aromatic carbocycles. The lowest BCUT2D eigenvalue weighted by Crippen LogP contribution is -2.52. The summed E-state index contributed by atoms with van der Waals surface area (Å²) in [7, 11) is 0. The molecule has 0 saturated carbocycles. The fourth-order valence-corrected chi connectivity index (χ4v) is 3.78. The van der Waals surface area contributed by atoms with Crippen molar-refractivity contribution in [2.45, 2.75) is 50.2 Å². The van der Waals surface area contributed by atoms with E-state index in [1.807, 2.05) is 31.2 Å². The Morgan fingerprint density at radius 1 is 1.35 bits per heavy atom. The van der Waals surface area contributed by atoms with Gasteiger partial charge in [0.1, 0.15) is 0 Å². The first-order valence-corrected chi connectivity index (χ1v) is 8.76. The topological polar surface area (TPSA) is 47.6 Å². The van der Waals surface area contributed by atoms with E-state index in [1.54, 1.807) is 0 Å². The van der Waals surface area contributed by atoms with Gasteiger partial charge in [-0.25, -0.2) is 0 Å². The van der Waals surface area contributed by atoms with Crippen LogP contribution in [0.2, 0.25) is 5.02 Å². The van der Waals surface area contributed by atoms with Crippen molar-refractivity contribution < 1.29 is 14.3 Å². The van der Waals surface area contributed by atoms with Crippen LogP contribution < -0.4 is 5.32 Å². The van der Waals surface area contributed by atoms with Crippen LogP contribution in [0.1, 0.15) is 38.2 Å². The molecule has 1 N–H and O–H groups in total. The van der Waals surface area contributed by atoms with Gasteiger partial charge in [0, 0.05) is 24.8 Å². The van der Waals surface area contributed by atoms with Crippen molar-refractivity contribution in [3.05, 3.63) is 34.9 Å². The lowest BCUT2D eigenvalue weighted by Gasteiger charge is -2.37. The summed E-state index contributed by atoms with van der Waals surface area (Å²) in [4.78, 5) is 13.1. The number of hydrogen-bond acceptors (Lipinski definition) is 3. The summed E-state index contributed by atoms with van der Waals surface area (Å²) >= 11 is 6.16. The van der Waals surface area contributed by atoms with Crippen LogP contribution in [0, 0.1) is 0 Å². The first-order valence-electron chi connectivity index (χ1n) is 8.38. The Labute approximate surface area is 142 Å². The van der Waals surface area contributed by atoms with E-state index < -0.39 is 5.41 Å².